The summed E-state index contributed by atoms with van der Waals surface area (Å²) < 4.78 is 41.2. The van der Waals surface area contributed by atoms with Crippen molar-refractivity contribution < 1.29 is 13.2 Å². The molecule has 0 amide bonds. The molecule has 27 heavy (non-hydrogen) atoms. The molecule has 0 saturated heterocycles. The topological polar surface area (TPSA) is 55.6 Å². The number of tetrazole rings is 1. The van der Waals surface area contributed by atoms with Crippen LogP contribution in [-0.4, -0.2) is 20.2 Å². The first-order valence-electron chi connectivity index (χ1n) is 9.72. The molecule has 4 rings (SSSR count). The minimum Gasteiger partial charge on any atom is -0.373 e. The van der Waals surface area contributed by atoms with Crippen molar-refractivity contribution in [3.63, 3.8) is 0 Å². The first-order valence-corrected chi connectivity index (χ1v) is 9.72. The summed E-state index contributed by atoms with van der Waals surface area (Å²) in [5.41, 5.74) is -0.692. The van der Waals surface area contributed by atoms with Gasteiger partial charge >= 0.3 is 6.18 Å². The predicted octanol–water partition coefficient (Wildman–Crippen LogP) is 5.08. The second-order valence-corrected chi connectivity index (χ2v) is 7.73. The summed E-state index contributed by atoms with van der Waals surface area (Å²) in [6.07, 6.45) is 4.96. The highest BCUT2D eigenvalue weighted by molar-refractivity contribution is 5.49. The van der Waals surface area contributed by atoms with E-state index in [2.05, 4.69) is 20.8 Å². The van der Waals surface area contributed by atoms with E-state index in [1.807, 2.05) is 4.68 Å². The lowest BCUT2D eigenvalue weighted by Gasteiger charge is -2.33. The van der Waals surface area contributed by atoms with E-state index >= 15 is 0 Å². The molecule has 0 bridgehead atoms. The number of rotatable bonds is 4. The molecule has 0 radical (unpaired) electrons. The molecule has 0 unspecified atom stereocenters. The van der Waals surface area contributed by atoms with Gasteiger partial charge in [-0.25, -0.2) is 4.68 Å². The van der Waals surface area contributed by atoms with Crippen LogP contribution in [0.2, 0.25) is 0 Å². The molecule has 2 saturated carbocycles. The molecule has 1 aromatic heterocycles. The first-order chi connectivity index (χ1) is 13.0. The number of aromatic nitrogens is 4. The zero-order valence-corrected chi connectivity index (χ0v) is 15.2. The lowest BCUT2D eigenvalue weighted by Crippen LogP contribution is -2.37. The van der Waals surface area contributed by atoms with E-state index in [0.29, 0.717) is 5.69 Å². The maximum atomic E-state index is 13.1. The Morgan fingerprint density at radius 3 is 2.48 bits per heavy atom. The van der Waals surface area contributed by atoms with Crippen LogP contribution in [0, 0.1) is 0 Å². The van der Waals surface area contributed by atoms with Crippen LogP contribution in [0.25, 0.3) is 0 Å². The van der Waals surface area contributed by atoms with Gasteiger partial charge in [-0.3, -0.25) is 0 Å². The summed E-state index contributed by atoms with van der Waals surface area (Å²) in [4.78, 5) is 0. The highest BCUT2D eigenvalue weighted by Crippen LogP contribution is 2.43. The summed E-state index contributed by atoms with van der Waals surface area (Å²) in [6, 6.07) is 5.68. The number of hydrogen-bond acceptors (Lipinski definition) is 4. The van der Waals surface area contributed by atoms with Gasteiger partial charge < -0.3 is 5.32 Å². The van der Waals surface area contributed by atoms with Crippen LogP contribution < -0.4 is 5.32 Å². The molecule has 0 atom stereocenters. The molecule has 2 aliphatic carbocycles. The van der Waals surface area contributed by atoms with Gasteiger partial charge in [0.1, 0.15) is 0 Å². The van der Waals surface area contributed by atoms with Crippen LogP contribution in [0.15, 0.2) is 24.3 Å². The molecule has 146 valence electrons. The summed E-state index contributed by atoms with van der Waals surface area (Å²) in [6.45, 7) is 0. The third kappa shape index (κ3) is 3.66. The molecule has 2 aromatic rings. The minimum absolute atomic E-state index is 0.282. The fourth-order valence-electron chi connectivity index (χ4n) is 4.51. The Kier molecular flexibility index (Phi) is 4.82. The Balaban J connectivity index is 1.66. The van der Waals surface area contributed by atoms with Gasteiger partial charge in [0.2, 0.25) is 0 Å². The van der Waals surface area contributed by atoms with E-state index in [1.165, 1.54) is 18.6 Å². The number of nitrogens with zero attached hydrogens (tertiary/aromatic N) is 4. The smallest absolute Gasteiger partial charge is 0.373 e. The van der Waals surface area contributed by atoms with E-state index in [4.69, 9.17) is 0 Å². The van der Waals surface area contributed by atoms with Crippen LogP contribution in [0.1, 0.15) is 75.2 Å². The van der Waals surface area contributed by atoms with Gasteiger partial charge in [0.05, 0.1) is 17.1 Å². The van der Waals surface area contributed by atoms with E-state index < -0.39 is 17.3 Å². The average molecular weight is 379 g/mol. The minimum atomic E-state index is -4.36. The Morgan fingerprint density at radius 2 is 1.78 bits per heavy atom. The molecule has 0 spiro atoms. The van der Waals surface area contributed by atoms with Crippen molar-refractivity contribution >= 4 is 5.69 Å². The van der Waals surface area contributed by atoms with Gasteiger partial charge in [0, 0.05) is 5.69 Å². The van der Waals surface area contributed by atoms with Gasteiger partial charge in [0.25, 0.3) is 0 Å². The van der Waals surface area contributed by atoms with Crippen molar-refractivity contribution in [2.45, 2.75) is 75.5 Å². The number of nitrogens with one attached hydrogen (secondary N) is 1. The van der Waals surface area contributed by atoms with Crippen molar-refractivity contribution in [3.05, 3.63) is 35.7 Å². The molecule has 0 aliphatic heterocycles. The van der Waals surface area contributed by atoms with Crippen LogP contribution in [-0.2, 0) is 11.7 Å². The number of hydrogen-bond donors (Lipinski definition) is 1. The molecule has 2 fully saturated rings. The second-order valence-electron chi connectivity index (χ2n) is 7.73. The van der Waals surface area contributed by atoms with Crippen LogP contribution in [0.3, 0.4) is 0 Å². The fraction of sp³-hybridized carbons (Fsp3) is 0.632. The highest BCUT2D eigenvalue weighted by Gasteiger charge is 2.42. The Labute approximate surface area is 156 Å². The lowest BCUT2D eigenvalue weighted by atomic mass is 9.92. The number of benzene rings is 1. The van der Waals surface area contributed by atoms with Gasteiger partial charge in [0.15, 0.2) is 5.82 Å². The maximum Gasteiger partial charge on any atom is 0.416 e. The third-order valence-corrected chi connectivity index (χ3v) is 5.87. The number of anilines is 1. The van der Waals surface area contributed by atoms with Crippen LogP contribution in [0.4, 0.5) is 18.9 Å². The Hall–Kier alpha value is -2.12. The van der Waals surface area contributed by atoms with E-state index in [9.17, 15) is 13.2 Å². The highest BCUT2D eigenvalue weighted by atomic mass is 19.4. The quantitative estimate of drug-likeness (QED) is 0.805. The van der Waals surface area contributed by atoms with Crippen molar-refractivity contribution in [2.24, 2.45) is 0 Å². The Morgan fingerprint density at radius 1 is 1.04 bits per heavy atom. The molecular weight excluding hydrogens is 355 g/mol. The summed E-state index contributed by atoms with van der Waals surface area (Å²) >= 11 is 0. The van der Waals surface area contributed by atoms with Gasteiger partial charge in [-0.2, -0.15) is 13.2 Å². The normalized spacial score (nSPS) is 20.7. The molecule has 8 heteroatoms. The molecule has 1 N–H and O–H groups in total. The zero-order valence-electron chi connectivity index (χ0n) is 15.2. The predicted molar refractivity (Wildman–Crippen MR) is 95.2 cm³/mol. The van der Waals surface area contributed by atoms with Crippen molar-refractivity contribution in [1.29, 1.82) is 0 Å². The van der Waals surface area contributed by atoms with Gasteiger partial charge in [-0.1, -0.05) is 38.2 Å². The second kappa shape index (κ2) is 7.13. The molecule has 1 aromatic carbocycles. The van der Waals surface area contributed by atoms with Crippen molar-refractivity contribution in [3.8, 4) is 0 Å². The number of alkyl halides is 3. The Bertz CT molecular complexity index is 774. The monoisotopic (exact) mass is 379 g/mol. The largest absolute Gasteiger partial charge is 0.416 e. The lowest BCUT2D eigenvalue weighted by molar-refractivity contribution is -0.137. The molecule has 1 heterocycles. The summed E-state index contributed by atoms with van der Waals surface area (Å²) in [5, 5.41) is 15.9. The van der Waals surface area contributed by atoms with Crippen molar-refractivity contribution in [1.82, 2.24) is 20.2 Å². The number of halogens is 3. The molecular formula is C19H24F3N5. The molecule has 5 nitrogen and oxygen atoms in total. The maximum absolute atomic E-state index is 13.1. The summed E-state index contributed by atoms with van der Waals surface area (Å²) in [7, 11) is 0. The average Bonchev–Trinajstić information content (AvgIpc) is 3.32. The fourth-order valence-corrected chi connectivity index (χ4v) is 4.51. The zero-order chi connectivity index (χ0) is 18.9. The first kappa shape index (κ1) is 18.3. The molecule has 2 aliphatic rings. The summed E-state index contributed by atoms with van der Waals surface area (Å²) in [5.74, 6) is 0.768. The van der Waals surface area contributed by atoms with Gasteiger partial charge in [-0.15, -0.1) is 5.10 Å². The van der Waals surface area contributed by atoms with Crippen LogP contribution in [0.5, 0.6) is 0 Å². The van der Waals surface area contributed by atoms with Gasteiger partial charge in [-0.05, 0) is 54.3 Å². The van der Waals surface area contributed by atoms with Crippen molar-refractivity contribution in [2.75, 3.05) is 5.32 Å². The standard InChI is InChI=1S/C19H24F3N5/c20-19(21,22)14-7-6-8-15(13-14)23-18(11-4-5-12-18)17-24-25-26-27(17)16-9-2-1-3-10-16/h6-8,13,16,23H,1-5,9-12H2. The van der Waals surface area contributed by atoms with E-state index in [0.717, 1.165) is 63.3 Å². The van der Waals surface area contributed by atoms with E-state index in [-0.39, 0.29) is 6.04 Å². The third-order valence-electron chi connectivity index (χ3n) is 5.87. The SMILES string of the molecule is FC(F)(F)c1cccc(NC2(c3nnnn3C3CCCCC3)CCCC2)c1. The van der Waals surface area contributed by atoms with E-state index in [1.54, 1.807) is 6.07 Å². The van der Waals surface area contributed by atoms with Crippen LogP contribution >= 0.6 is 0 Å².